The Kier molecular flexibility index (Phi) is 5.85. The van der Waals surface area contributed by atoms with Crippen LogP contribution in [0.2, 0.25) is 5.02 Å². The molecule has 1 atom stereocenters. The van der Waals surface area contributed by atoms with Crippen LogP contribution in [-0.4, -0.2) is 77.0 Å². The zero-order valence-corrected chi connectivity index (χ0v) is 15.9. The number of amides is 1. The highest BCUT2D eigenvalue weighted by Crippen LogP contribution is 2.32. The smallest absolute Gasteiger partial charge is 0.323 e. The second kappa shape index (κ2) is 7.94. The molecule has 1 spiro atoms. The standard InChI is InChI=1S/C19H26ClN3O3/c1-21-10-11-22(12-15-2-4-16(20)5-3-15)14-19(21)7-6-17(24)23(9-8-19)13-18(25)26/h2-5H,6-14H2,1H3,(H,25,26)/t19-/m0/s1. The first-order chi connectivity index (χ1) is 12.4. The van der Waals surface area contributed by atoms with Gasteiger partial charge < -0.3 is 10.0 Å². The van der Waals surface area contributed by atoms with E-state index in [9.17, 15) is 9.59 Å². The molecule has 0 aromatic heterocycles. The van der Waals surface area contributed by atoms with E-state index in [-0.39, 0.29) is 18.0 Å². The summed E-state index contributed by atoms with van der Waals surface area (Å²) in [5.41, 5.74) is 1.15. The maximum atomic E-state index is 12.3. The molecule has 2 aliphatic rings. The van der Waals surface area contributed by atoms with Crippen molar-refractivity contribution in [3.8, 4) is 0 Å². The minimum absolute atomic E-state index is 0.0486. The van der Waals surface area contributed by atoms with Gasteiger partial charge in [-0.1, -0.05) is 23.7 Å². The summed E-state index contributed by atoms with van der Waals surface area (Å²) in [5, 5.41) is 9.77. The second-order valence-electron chi connectivity index (χ2n) is 7.44. The molecule has 0 radical (unpaired) electrons. The highest BCUT2D eigenvalue weighted by molar-refractivity contribution is 6.30. The number of hydrogen-bond acceptors (Lipinski definition) is 4. The maximum absolute atomic E-state index is 12.3. The van der Waals surface area contributed by atoms with E-state index >= 15 is 0 Å². The number of carboxylic acid groups (broad SMARTS) is 1. The quantitative estimate of drug-likeness (QED) is 0.866. The Morgan fingerprint density at radius 1 is 1.19 bits per heavy atom. The van der Waals surface area contributed by atoms with Crippen LogP contribution in [0.5, 0.6) is 0 Å². The Morgan fingerprint density at radius 2 is 1.92 bits per heavy atom. The van der Waals surface area contributed by atoms with E-state index in [1.54, 1.807) is 0 Å². The number of likely N-dealkylation sites (N-methyl/N-ethyl adjacent to an activating group) is 1. The fraction of sp³-hybridized carbons (Fsp3) is 0.579. The van der Waals surface area contributed by atoms with Gasteiger partial charge in [0.15, 0.2) is 0 Å². The van der Waals surface area contributed by atoms with Crippen LogP contribution < -0.4 is 0 Å². The van der Waals surface area contributed by atoms with Crippen LogP contribution in [0.3, 0.4) is 0 Å². The minimum Gasteiger partial charge on any atom is -0.480 e. The number of rotatable bonds is 4. The summed E-state index contributed by atoms with van der Waals surface area (Å²) >= 11 is 5.97. The highest BCUT2D eigenvalue weighted by atomic mass is 35.5. The Labute approximate surface area is 159 Å². The van der Waals surface area contributed by atoms with E-state index in [0.717, 1.165) is 44.0 Å². The number of nitrogens with zero attached hydrogens (tertiary/aromatic N) is 3. The number of carboxylic acids is 1. The van der Waals surface area contributed by atoms with Gasteiger partial charge in [-0.2, -0.15) is 0 Å². The Balaban J connectivity index is 1.69. The lowest BCUT2D eigenvalue weighted by Gasteiger charge is -2.49. The topological polar surface area (TPSA) is 64.1 Å². The van der Waals surface area contributed by atoms with Gasteiger partial charge in [0.25, 0.3) is 0 Å². The molecule has 0 aliphatic carbocycles. The number of likely N-dealkylation sites (tertiary alicyclic amines) is 1. The minimum atomic E-state index is -0.948. The third-order valence-electron chi connectivity index (χ3n) is 5.73. The second-order valence-corrected chi connectivity index (χ2v) is 7.88. The summed E-state index contributed by atoms with van der Waals surface area (Å²) in [6.45, 7) is 3.98. The SMILES string of the molecule is CN1CCN(Cc2ccc(Cl)cc2)C[C@@]12CCC(=O)N(CC(=O)O)CC2. The van der Waals surface area contributed by atoms with Crippen molar-refractivity contribution < 1.29 is 14.7 Å². The van der Waals surface area contributed by atoms with Crippen molar-refractivity contribution in [2.75, 3.05) is 39.8 Å². The lowest BCUT2D eigenvalue weighted by molar-refractivity contribution is -0.144. The molecule has 7 heteroatoms. The number of piperazine rings is 1. The molecule has 26 heavy (non-hydrogen) atoms. The van der Waals surface area contributed by atoms with E-state index < -0.39 is 5.97 Å². The molecule has 2 heterocycles. The van der Waals surface area contributed by atoms with Crippen LogP contribution >= 0.6 is 11.6 Å². The summed E-state index contributed by atoms with van der Waals surface area (Å²) in [6, 6.07) is 7.94. The lowest BCUT2D eigenvalue weighted by Crippen LogP contribution is -2.60. The molecule has 2 saturated heterocycles. The van der Waals surface area contributed by atoms with Gasteiger partial charge in [-0.25, -0.2) is 0 Å². The molecule has 0 saturated carbocycles. The van der Waals surface area contributed by atoms with Gasteiger partial charge in [-0.05, 0) is 37.6 Å². The number of aliphatic carboxylic acids is 1. The fourth-order valence-corrected chi connectivity index (χ4v) is 4.21. The van der Waals surface area contributed by atoms with Gasteiger partial charge in [0.05, 0.1) is 0 Å². The Morgan fingerprint density at radius 3 is 2.62 bits per heavy atom. The normalized spacial score (nSPS) is 25.5. The molecule has 1 amide bonds. The van der Waals surface area contributed by atoms with Crippen molar-refractivity contribution in [1.29, 1.82) is 0 Å². The van der Waals surface area contributed by atoms with E-state index in [2.05, 4.69) is 29.0 Å². The van der Waals surface area contributed by atoms with Crippen molar-refractivity contribution in [2.24, 2.45) is 0 Å². The summed E-state index contributed by atoms with van der Waals surface area (Å²) in [7, 11) is 2.12. The van der Waals surface area contributed by atoms with Crippen LogP contribution in [-0.2, 0) is 16.1 Å². The van der Waals surface area contributed by atoms with Gasteiger partial charge in [-0.15, -0.1) is 0 Å². The molecule has 2 aliphatic heterocycles. The van der Waals surface area contributed by atoms with E-state index in [4.69, 9.17) is 16.7 Å². The average molecular weight is 380 g/mol. The summed E-state index contributed by atoms with van der Waals surface area (Å²) in [6.07, 6.45) is 1.99. The van der Waals surface area contributed by atoms with Gasteiger partial charge in [-0.3, -0.25) is 19.4 Å². The summed E-state index contributed by atoms with van der Waals surface area (Å²) in [5.74, 6) is -0.997. The Bertz CT molecular complexity index is 666. The van der Waals surface area contributed by atoms with Gasteiger partial charge in [0.1, 0.15) is 6.54 Å². The van der Waals surface area contributed by atoms with Crippen LogP contribution in [0, 0.1) is 0 Å². The summed E-state index contributed by atoms with van der Waals surface area (Å²) in [4.78, 5) is 29.6. The predicted molar refractivity (Wildman–Crippen MR) is 100 cm³/mol. The monoisotopic (exact) mass is 379 g/mol. The molecule has 6 nitrogen and oxygen atoms in total. The third kappa shape index (κ3) is 4.37. The molecular weight excluding hydrogens is 354 g/mol. The van der Waals surface area contributed by atoms with Crippen molar-refractivity contribution in [1.82, 2.24) is 14.7 Å². The van der Waals surface area contributed by atoms with Crippen LogP contribution in [0.25, 0.3) is 0 Å². The van der Waals surface area contributed by atoms with Crippen molar-refractivity contribution in [3.63, 3.8) is 0 Å². The zero-order chi connectivity index (χ0) is 18.7. The molecule has 0 bridgehead atoms. The van der Waals surface area contributed by atoms with Gasteiger partial charge >= 0.3 is 5.97 Å². The first-order valence-corrected chi connectivity index (χ1v) is 9.43. The summed E-state index contributed by atoms with van der Waals surface area (Å²) < 4.78 is 0. The van der Waals surface area contributed by atoms with Gasteiger partial charge in [0, 0.05) is 49.7 Å². The molecule has 1 N–H and O–H groups in total. The van der Waals surface area contributed by atoms with Crippen molar-refractivity contribution >= 4 is 23.5 Å². The number of carbonyl (C=O) groups is 2. The number of benzene rings is 1. The van der Waals surface area contributed by atoms with E-state index in [1.165, 1.54) is 10.5 Å². The fourth-order valence-electron chi connectivity index (χ4n) is 4.09. The zero-order valence-electron chi connectivity index (χ0n) is 15.2. The molecule has 1 aromatic rings. The van der Waals surface area contributed by atoms with Crippen molar-refractivity contribution in [3.05, 3.63) is 34.9 Å². The van der Waals surface area contributed by atoms with E-state index in [1.807, 2.05) is 12.1 Å². The van der Waals surface area contributed by atoms with Gasteiger partial charge in [0.2, 0.25) is 5.91 Å². The average Bonchev–Trinajstić information content (AvgIpc) is 2.75. The molecule has 3 rings (SSSR count). The van der Waals surface area contributed by atoms with E-state index in [0.29, 0.717) is 13.0 Å². The number of hydrogen-bond donors (Lipinski definition) is 1. The first-order valence-electron chi connectivity index (χ1n) is 9.06. The molecular formula is C19H26ClN3O3. The molecule has 142 valence electrons. The van der Waals surface area contributed by atoms with Crippen LogP contribution in [0.1, 0.15) is 24.8 Å². The molecule has 0 unspecified atom stereocenters. The Hall–Kier alpha value is -1.63. The maximum Gasteiger partial charge on any atom is 0.323 e. The lowest BCUT2D eigenvalue weighted by atomic mass is 9.86. The highest BCUT2D eigenvalue weighted by Gasteiger charge is 2.42. The molecule has 2 fully saturated rings. The van der Waals surface area contributed by atoms with Crippen molar-refractivity contribution in [2.45, 2.75) is 31.3 Å². The van der Waals surface area contributed by atoms with Crippen LogP contribution in [0.4, 0.5) is 0 Å². The predicted octanol–water partition coefficient (Wildman–Crippen LogP) is 1.92. The molecule has 1 aromatic carbocycles. The number of carbonyl (C=O) groups excluding carboxylic acids is 1. The first kappa shape index (κ1) is 19.1. The largest absolute Gasteiger partial charge is 0.480 e. The third-order valence-corrected chi connectivity index (χ3v) is 5.98. The number of halogens is 1. The van der Waals surface area contributed by atoms with Crippen LogP contribution in [0.15, 0.2) is 24.3 Å².